The Morgan fingerprint density at radius 3 is 2.50 bits per heavy atom. The van der Waals surface area contributed by atoms with Gasteiger partial charge in [0, 0.05) is 16.8 Å². The van der Waals surface area contributed by atoms with Gasteiger partial charge in [-0.15, -0.1) is 0 Å². The minimum Gasteiger partial charge on any atom is -0.399 e. The zero-order valence-corrected chi connectivity index (χ0v) is 11.7. The van der Waals surface area contributed by atoms with E-state index in [1.54, 1.807) is 42.5 Å². The monoisotopic (exact) mass is 294 g/mol. The van der Waals surface area contributed by atoms with Gasteiger partial charge in [-0.2, -0.15) is 5.10 Å². The van der Waals surface area contributed by atoms with E-state index >= 15 is 0 Å². The van der Waals surface area contributed by atoms with Crippen molar-refractivity contribution < 1.29 is 4.79 Å². The smallest absolute Gasteiger partial charge is 0.272 e. The van der Waals surface area contributed by atoms with Crippen LogP contribution in [0, 0.1) is 0 Å². The molecule has 0 bridgehead atoms. The molecule has 110 valence electrons. The summed E-state index contributed by atoms with van der Waals surface area (Å²) in [5.74, 6) is -0.213. The Morgan fingerprint density at radius 2 is 1.77 bits per heavy atom. The van der Waals surface area contributed by atoms with Crippen molar-refractivity contribution in [3.05, 3.63) is 64.6 Å². The molecule has 0 radical (unpaired) electrons. The van der Waals surface area contributed by atoms with Crippen LogP contribution in [0.3, 0.4) is 0 Å². The number of rotatable bonds is 3. The van der Waals surface area contributed by atoms with Gasteiger partial charge in [0.1, 0.15) is 0 Å². The topological polar surface area (TPSA) is 101 Å². The predicted molar refractivity (Wildman–Crippen MR) is 85.6 cm³/mol. The maximum absolute atomic E-state index is 12.1. The molecule has 2 aromatic carbocycles. The highest BCUT2D eigenvalue weighted by atomic mass is 16.1. The zero-order valence-electron chi connectivity index (χ0n) is 11.7. The second-order valence-corrected chi connectivity index (χ2v) is 4.89. The van der Waals surface area contributed by atoms with Gasteiger partial charge in [-0.25, -0.2) is 5.10 Å². The molecule has 0 fully saturated rings. The number of fused-ring (bicyclic) bond motifs is 1. The normalized spacial score (nSPS) is 10.5. The number of aromatic nitrogens is 2. The molecule has 0 atom stereocenters. The Hall–Kier alpha value is -3.15. The molecular formula is C16H14N4O2. The van der Waals surface area contributed by atoms with E-state index in [1.165, 1.54) is 0 Å². The molecule has 0 aliphatic rings. The Balaban J connectivity index is 1.84. The predicted octanol–water partition coefficient (Wildman–Crippen LogP) is 1.69. The van der Waals surface area contributed by atoms with E-state index in [9.17, 15) is 9.59 Å². The van der Waals surface area contributed by atoms with Crippen molar-refractivity contribution in [3.63, 3.8) is 0 Å². The summed E-state index contributed by atoms with van der Waals surface area (Å²) in [6.07, 6.45) is 0.0711. The maximum atomic E-state index is 12.1. The summed E-state index contributed by atoms with van der Waals surface area (Å²) in [6.45, 7) is 0. The third-order valence-electron chi connectivity index (χ3n) is 3.30. The van der Waals surface area contributed by atoms with Crippen molar-refractivity contribution in [3.8, 4) is 0 Å². The first-order chi connectivity index (χ1) is 10.6. The van der Waals surface area contributed by atoms with Crippen molar-refractivity contribution in [2.75, 3.05) is 11.1 Å². The number of nitrogens with zero attached hydrogens (tertiary/aromatic N) is 1. The Kier molecular flexibility index (Phi) is 3.57. The second-order valence-electron chi connectivity index (χ2n) is 4.89. The van der Waals surface area contributed by atoms with Gasteiger partial charge in [0.25, 0.3) is 5.56 Å². The second kappa shape index (κ2) is 5.69. The number of H-pyrrole nitrogens is 1. The van der Waals surface area contributed by atoms with Crippen LogP contribution in [0.15, 0.2) is 53.3 Å². The summed E-state index contributed by atoms with van der Waals surface area (Å²) < 4.78 is 0. The molecule has 3 rings (SSSR count). The molecule has 6 heteroatoms. The fraction of sp³-hybridized carbons (Fsp3) is 0.0625. The van der Waals surface area contributed by atoms with Gasteiger partial charge in [0.15, 0.2) is 0 Å². The lowest BCUT2D eigenvalue weighted by atomic mass is 10.1. The molecular weight excluding hydrogens is 280 g/mol. The molecule has 0 saturated heterocycles. The van der Waals surface area contributed by atoms with Crippen LogP contribution in [0.25, 0.3) is 10.8 Å². The quantitative estimate of drug-likeness (QED) is 0.640. The number of aromatic amines is 1. The number of nitrogens with two attached hydrogens (primary N) is 1. The summed E-state index contributed by atoms with van der Waals surface area (Å²) in [4.78, 5) is 23.8. The molecule has 4 N–H and O–H groups in total. The molecule has 0 spiro atoms. The number of amides is 1. The Morgan fingerprint density at radius 1 is 1.09 bits per heavy atom. The molecule has 1 amide bonds. The number of benzene rings is 2. The molecule has 22 heavy (non-hydrogen) atoms. The van der Waals surface area contributed by atoms with Gasteiger partial charge in [-0.1, -0.05) is 18.2 Å². The van der Waals surface area contributed by atoms with Crippen LogP contribution in [0.5, 0.6) is 0 Å². The molecule has 6 nitrogen and oxygen atoms in total. The molecule has 3 aromatic rings. The Bertz CT molecular complexity index is 885. The summed E-state index contributed by atoms with van der Waals surface area (Å²) in [6, 6.07) is 13.9. The van der Waals surface area contributed by atoms with E-state index in [2.05, 4.69) is 15.5 Å². The number of hydrogen-bond donors (Lipinski definition) is 3. The molecule has 0 saturated carbocycles. The maximum Gasteiger partial charge on any atom is 0.272 e. The highest BCUT2D eigenvalue weighted by molar-refractivity contribution is 5.95. The van der Waals surface area contributed by atoms with Crippen molar-refractivity contribution in [2.24, 2.45) is 0 Å². The number of carbonyl (C=O) groups is 1. The van der Waals surface area contributed by atoms with Gasteiger partial charge in [-0.3, -0.25) is 9.59 Å². The van der Waals surface area contributed by atoms with Crippen molar-refractivity contribution in [2.45, 2.75) is 6.42 Å². The van der Waals surface area contributed by atoms with Crippen LogP contribution >= 0.6 is 0 Å². The lowest BCUT2D eigenvalue weighted by molar-refractivity contribution is -0.115. The number of nitrogens with one attached hydrogen (secondary N) is 2. The molecule has 0 aliphatic carbocycles. The van der Waals surface area contributed by atoms with Gasteiger partial charge in [-0.05, 0) is 30.3 Å². The average molecular weight is 294 g/mol. The van der Waals surface area contributed by atoms with Crippen LogP contribution in [0.4, 0.5) is 11.4 Å². The van der Waals surface area contributed by atoms with Crippen LogP contribution in [-0.4, -0.2) is 16.1 Å². The largest absolute Gasteiger partial charge is 0.399 e. The summed E-state index contributed by atoms with van der Waals surface area (Å²) in [5, 5.41) is 10.4. The van der Waals surface area contributed by atoms with E-state index in [0.717, 1.165) is 0 Å². The molecule has 1 aromatic heterocycles. The van der Waals surface area contributed by atoms with Crippen molar-refractivity contribution in [1.82, 2.24) is 10.2 Å². The van der Waals surface area contributed by atoms with Gasteiger partial charge in [0.05, 0.1) is 17.5 Å². The first kappa shape index (κ1) is 13.8. The van der Waals surface area contributed by atoms with Crippen LogP contribution in [-0.2, 0) is 11.2 Å². The number of carbonyl (C=O) groups excluding carboxylic acids is 1. The number of nitrogen functional groups attached to an aromatic ring is 1. The van der Waals surface area contributed by atoms with Crippen LogP contribution < -0.4 is 16.6 Å². The third kappa shape index (κ3) is 2.80. The average Bonchev–Trinajstić information content (AvgIpc) is 2.53. The number of anilines is 2. The van der Waals surface area contributed by atoms with E-state index < -0.39 is 0 Å². The highest BCUT2D eigenvalue weighted by Gasteiger charge is 2.10. The molecule has 0 aliphatic heterocycles. The SMILES string of the molecule is Nc1ccc(NC(=O)Cc2n[nH]c(=O)c3ccccc23)cc1. The van der Waals surface area contributed by atoms with Crippen LogP contribution in [0.1, 0.15) is 5.69 Å². The van der Waals surface area contributed by atoms with E-state index in [1.807, 2.05) is 6.07 Å². The summed E-state index contributed by atoms with van der Waals surface area (Å²) >= 11 is 0. The minimum atomic E-state index is -0.265. The summed E-state index contributed by atoms with van der Waals surface area (Å²) in [7, 11) is 0. The first-order valence-corrected chi connectivity index (χ1v) is 6.75. The highest BCUT2D eigenvalue weighted by Crippen LogP contribution is 2.14. The van der Waals surface area contributed by atoms with Crippen molar-refractivity contribution in [1.29, 1.82) is 0 Å². The number of hydrogen-bond acceptors (Lipinski definition) is 4. The Labute approximate surface area is 126 Å². The summed E-state index contributed by atoms with van der Waals surface area (Å²) in [5.41, 5.74) is 7.16. The van der Waals surface area contributed by atoms with E-state index in [-0.39, 0.29) is 17.9 Å². The van der Waals surface area contributed by atoms with E-state index in [4.69, 9.17) is 5.73 Å². The standard InChI is InChI=1S/C16H14N4O2/c17-10-5-7-11(8-6-10)18-15(21)9-14-12-3-1-2-4-13(12)16(22)20-19-14/h1-8H,9,17H2,(H,18,21)(H,20,22). The van der Waals surface area contributed by atoms with Gasteiger partial charge >= 0.3 is 0 Å². The van der Waals surface area contributed by atoms with Crippen LogP contribution in [0.2, 0.25) is 0 Å². The fourth-order valence-electron chi connectivity index (χ4n) is 2.23. The lowest BCUT2D eigenvalue weighted by Gasteiger charge is -2.07. The molecule has 1 heterocycles. The third-order valence-corrected chi connectivity index (χ3v) is 3.30. The fourth-order valence-corrected chi connectivity index (χ4v) is 2.23. The first-order valence-electron chi connectivity index (χ1n) is 6.75. The van der Waals surface area contributed by atoms with Gasteiger partial charge < -0.3 is 11.1 Å². The minimum absolute atomic E-state index is 0.0711. The van der Waals surface area contributed by atoms with E-state index in [0.29, 0.717) is 27.8 Å². The van der Waals surface area contributed by atoms with Gasteiger partial charge in [0.2, 0.25) is 5.91 Å². The lowest BCUT2D eigenvalue weighted by Crippen LogP contribution is -2.18. The zero-order chi connectivity index (χ0) is 15.5. The molecule has 0 unspecified atom stereocenters. The van der Waals surface area contributed by atoms with Crippen molar-refractivity contribution >= 4 is 28.1 Å².